The van der Waals surface area contributed by atoms with E-state index in [4.69, 9.17) is 0 Å². The molecule has 3 rings (SSSR count). The summed E-state index contributed by atoms with van der Waals surface area (Å²) in [4.78, 5) is 7.71. The quantitative estimate of drug-likeness (QED) is 0.835. The summed E-state index contributed by atoms with van der Waals surface area (Å²) >= 11 is 0. The molecule has 2 aliphatic rings. The Morgan fingerprint density at radius 2 is 1.95 bits per heavy atom. The molecule has 0 spiro atoms. The second kappa shape index (κ2) is 6.46. The average molecular weight is 291 g/mol. The zero-order valence-electron chi connectivity index (χ0n) is 13.7. The predicted octanol–water partition coefficient (Wildman–Crippen LogP) is 1.29. The third kappa shape index (κ3) is 3.65. The van der Waals surface area contributed by atoms with Gasteiger partial charge in [-0.1, -0.05) is 0 Å². The molecule has 1 atom stereocenters. The normalized spacial score (nSPS) is 26.0. The summed E-state index contributed by atoms with van der Waals surface area (Å²) in [5, 5.41) is 4.45. The van der Waals surface area contributed by atoms with Crippen LogP contribution in [-0.2, 0) is 6.54 Å². The van der Waals surface area contributed by atoms with E-state index >= 15 is 0 Å². The minimum atomic E-state index is 0.454. The first-order valence-electron chi connectivity index (χ1n) is 8.30. The number of nitrogens with zero attached hydrogens (tertiary/aromatic N) is 5. The van der Waals surface area contributed by atoms with Crippen LogP contribution >= 0.6 is 0 Å². The van der Waals surface area contributed by atoms with Crippen LogP contribution in [0.4, 0.5) is 0 Å². The highest BCUT2D eigenvalue weighted by Crippen LogP contribution is 2.19. The third-order valence-electron chi connectivity index (χ3n) is 4.89. The molecule has 21 heavy (non-hydrogen) atoms. The van der Waals surface area contributed by atoms with Crippen LogP contribution in [0, 0.1) is 0 Å². The fourth-order valence-electron chi connectivity index (χ4n) is 3.44. The Morgan fingerprint density at radius 3 is 2.62 bits per heavy atom. The summed E-state index contributed by atoms with van der Waals surface area (Å²) in [6, 6.07) is 1.22. The zero-order valence-corrected chi connectivity index (χ0v) is 13.7. The monoisotopic (exact) mass is 291 g/mol. The number of piperazine rings is 1. The van der Waals surface area contributed by atoms with E-state index in [2.05, 4.69) is 51.6 Å². The number of hydrogen-bond acceptors (Lipinski definition) is 4. The molecule has 2 aliphatic heterocycles. The summed E-state index contributed by atoms with van der Waals surface area (Å²) in [6.45, 7) is 12.8. The van der Waals surface area contributed by atoms with E-state index in [9.17, 15) is 0 Å². The molecular weight excluding hydrogens is 262 g/mol. The van der Waals surface area contributed by atoms with Crippen molar-refractivity contribution in [3.63, 3.8) is 0 Å². The number of likely N-dealkylation sites (tertiary alicyclic amines) is 1. The lowest BCUT2D eigenvalue weighted by molar-refractivity contribution is 0.112. The summed E-state index contributed by atoms with van der Waals surface area (Å²) < 4.78 is 2.06. The van der Waals surface area contributed by atoms with Crippen molar-refractivity contribution < 1.29 is 0 Å². The van der Waals surface area contributed by atoms with Gasteiger partial charge in [0, 0.05) is 69.7 Å². The largest absolute Gasteiger partial charge is 0.304 e. The highest BCUT2D eigenvalue weighted by Gasteiger charge is 2.29. The van der Waals surface area contributed by atoms with Gasteiger partial charge < -0.3 is 4.90 Å². The lowest BCUT2D eigenvalue weighted by Gasteiger charge is -2.36. The molecule has 2 fully saturated rings. The smallest absolute Gasteiger partial charge is 0.0534 e. The first-order valence-corrected chi connectivity index (χ1v) is 8.30. The molecule has 3 heterocycles. The number of rotatable bonds is 4. The van der Waals surface area contributed by atoms with Gasteiger partial charge in [-0.15, -0.1) is 0 Å². The van der Waals surface area contributed by atoms with E-state index in [1.165, 1.54) is 51.3 Å². The number of aromatic nitrogens is 2. The SMILES string of the molecule is CC(C)n1cc(CN2CC[C@@H](N3CCN(C)CC3)C2)cn1. The van der Waals surface area contributed by atoms with Crippen molar-refractivity contribution in [1.29, 1.82) is 0 Å². The molecule has 0 aromatic carbocycles. The van der Waals surface area contributed by atoms with Gasteiger partial charge in [-0.2, -0.15) is 5.10 Å². The number of hydrogen-bond donors (Lipinski definition) is 0. The van der Waals surface area contributed by atoms with E-state index < -0.39 is 0 Å². The average Bonchev–Trinajstić information content (AvgIpc) is 3.10. The predicted molar refractivity (Wildman–Crippen MR) is 85.4 cm³/mol. The Kier molecular flexibility index (Phi) is 4.62. The van der Waals surface area contributed by atoms with Gasteiger partial charge in [0.15, 0.2) is 0 Å². The second-order valence-corrected chi connectivity index (χ2v) is 6.94. The molecule has 5 heteroatoms. The minimum absolute atomic E-state index is 0.454. The molecule has 2 saturated heterocycles. The fourth-order valence-corrected chi connectivity index (χ4v) is 3.44. The second-order valence-electron chi connectivity index (χ2n) is 6.94. The molecule has 0 saturated carbocycles. The molecular formula is C16H29N5. The van der Waals surface area contributed by atoms with Gasteiger partial charge in [0.1, 0.15) is 0 Å². The van der Waals surface area contributed by atoms with Gasteiger partial charge in [-0.3, -0.25) is 14.5 Å². The topological polar surface area (TPSA) is 27.5 Å². The van der Waals surface area contributed by atoms with E-state index in [1.54, 1.807) is 0 Å². The van der Waals surface area contributed by atoms with Crippen molar-refractivity contribution >= 4 is 0 Å². The molecule has 0 unspecified atom stereocenters. The van der Waals surface area contributed by atoms with Crippen LogP contribution in [0.3, 0.4) is 0 Å². The molecule has 118 valence electrons. The first-order chi connectivity index (χ1) is 10.1. The highest BCUT2D eigenvalue weighted by molar-refractivity contribution is 5.05. The van der Waals surface area contributed by atoms with Crippen molar-refractivity contribution in [3.05, 3.63) is 18.0 Å². The summed E-state index contributed by atoms with van der Waals surface area (Å²) in [5.41, 5.74) is 1.35. The molecule has 0 bridgehead atoms. The van der Waals surface area contributed by atoms with E-state index in [1.807, 2.05) is 6.20 Å². The van der Waals surface area contributed by atoms with Gasteiger partial charge in [0.05, 0.1) is 6.20 Å². The Hall–Kier alpha value is -0.910. The van der Waals surface area contributed by atoms with Crippen LogP contribution in [-0.4, -0.2) is 76.8 Å². The van der Waals surface area contributed by atoms with Crippen LogP contribution in [0.5, 0.6) is 0 Å². The summed E-state index contributed by atoms with van der Waals surface area (Å²) in [5.74, 6) is 0. The Bertz CT molecular complexity index is 447. The van der Waals surface area contributed by atoms with E-state index in [0.29, 0.717) is 6.04 Å². The van der Waals surface area contributed by atoms with Gasteiger partial charge in [-0.25, -0.2) is 0 Å². The van der Waals surface area contributed by atoms with Crippen molar-refractivity contribution in [2.75, 3.05) is 46.3 Å². The van der Waals surface area contributed by atoms with Gasteiger partial charge in [-0.05, 0) is 27.3 Å². The summed E-state index contributed by atoms with van der Waals surface area (Å²) in [7, 11) is 2.23. The van der Waals surface area contributed by atoms with Crippen LogP contribution in [0.1, 0.15) is 31.9 Å². The van der Waals surface area contributed by atoms with Crippen LogP contribution < -0.4 is 0 Å². The third-order valence-corrected chi connectivity index (χ3v) is 4.89. The standard InChI is InChI=1S/C16H29N5/c1-14(2)21-12-15(10-17-21)11-19-5-4-16(13-19)20-8-6-18(3)7-9-20/h10,12,14,16H,4-9,11,13H2,1-3H3/t16-/m1/s1. The Morgan fingerprint density at radius 1 is 1.19 bits per heavy atom. The molecule has 1 aromatic rings. The Labute approximate surface area is 128 Å². The number of likely N-dealkylation sites (N-methyl/N-ethyl adjacent to an activating group) is 1. The summed E-state index contributed by atoms with van der Waals surface area (Å²) in [6.07, 6.45) is 5.55. The molecule has 0 radical (unpaired) electrons. The van der Waals surface area contributed by atoms with Crippen molar-refractivity contribution in [1.82, 2.24) is 24.5 Å². The Balaban J connectivity index is 1.50. The maximum absolute atomic E-state index is 4.45. The molecule has 0 aliphatic carbocycles. The van der Waals surface area contributed by atoms with E-state index in [-0.39, 0.29) is 0 Å². The molecule has 0 N–H and O–H groups in total. The van der Waals surface area contributed by atoms with Gasteiger partial charge in [0.2, 0.25) is 0 Å². The van der Waals surface area contributed by atoms with Gasteiger partial charge >= 0.3 is 0 Å². The maximum Gasteiger partial charge on any atom is 0.0534 e. The van der Waals surface area contributed by atoms with Crippen LogP contribution in [0.2, 0.25) is 0 Å². The minimum Gasteiger partial charge on any atom is -0.304 e. The first kappa shape index (κ1) is 15.0. The molecule has 1 aromatic heterocycles. The van der Waals surface area contributed by atoms with Crippen molar-refractivity contribution in [2.45, 2.75) is 38.9 Å². The lowest BCUT2D eigenvalue weighted by atomic mass is 10.2. The molecule has 0 amide bonds. The zero-order chi connectivity index (χ0) is 14.8. The van der Waals surface area contributed by atoms with Crippen LogP contribution in [0.25, 0.3) is 0 Å². The fraction of sp³-hybridized carbons (Fsp3) is 0.812. The highest BCUT2D eigenvalue weighted by atomic mass is 15.3. The van der Waals surface area contributed by atoms with Crippen molar-refractivity contribution in [3.8, 4) is 0 Å². The van der Waals surface area contributed by atoms with Crippen LogP contribution in [0.15, 0.2) is 12.4 Å². The van der Waals surface area contributed by atoms with E-state index in [0.717, 1.165) is 12.6 Å². The van der Waals surface area contributed by atoms with Gasteiger partial charge in [0.25, 0.3) is 0 Å². The maximum atomic E-state index is 4.45. The lowest BCUT2D eigenvalue weighted by Crippen LogP contribution is -2.49. The molecule has 5 nitrogen and oxygen atoms in total. The van der Waals surface area contributed by atoms with Crippen molar-refractivity contribution in [2.24, 2.45) is 0 Å².